The standard InChI is InChI=1S/C14H24N2O4/c1-14(2,3)9-4-5-15(7-9)13(20)16-8-10(17)6-11(16)12(18)19/h9-11,17H,4-8H2,1-3H3,(H,18,19)/t9?,10-,11+/m1/s1. The summed E-state index contributed by atoms with van der Waals surface area (Å²) in [5.74, 6) is -0.608. The minimum atomic E-state index is -1.04. The normalized spacial score (nSPS) is 30.9. The third-order valence-corrected chi connectivity index (χ3v) is 4.49. The Balaban J connectivity index is 2.03. The van der Waals surface area contributed by atoms with Crippen LogP contribution in [-0.2, 0) is 4.79 Å². The highest BCUT2D eigenvalue weighted by Crippen LogP contribution is 2.34. The van der Waals surface area contributed by atoms with E-state index in [9.17, 15) is 14.7 Å². The maximum Gasteiger partial charge on any atom is 0.326 e. The van der Waals surface area contributed by atoms with Crippen LogP contribution in [0.4, 0.5) is 4.79 Å². The van der Waals surface area contributed by atoms with E-state index < -0.39 is 18.1 Å². The average Bonchev–Trinajstić information content (AvgIpc) is 2.93. The van der Waals surface area contributed by atoms with Gasteiger partial charge >= 0.3 is 12.0 Å². The van der Waals surface area contributed by atoms with Gasteiger partial charge in [-0.05, 0) is 17.8 Å². The van der Waals surface area contributed by atoms with Gasteiger partial charge in [-0.2, -0.15) is 0 Å². The summed E-state index contributed by atoms with van der Waals surface area (Å²) in [6.07, 6.45) is 0.335. The fourth-order valence-corrected chi connectivity index (χ4v) is 3.08. The lowest BCUT2D eigenvalue weighted by Gasteiger charge is -2.30. The van der Waals surface area contributed by atoms with Crippen LogP contribution in [0.5, 0.6) is 0 Å². The van der Waals surface area contributed by atoms with E-state index in [4.69, 9.17) is 5.11 Å². The number of aliphatic carboxylic acids is 1. The Morgan fingerprint density at radius 2 is 1.85 bits per heavy atom. The number of likely N-dealkylation sites (tertiary alicyclic amines) is 2. The summed E-state index contributed by atoms with van der Waals surface area (Å²) in [6, 6.07) is -1.15. The molecule has 2 aliphatic heterocycles. The lowest BCUT2D eigenvalue weighted by Crippen LogP contribution is -2.47. The monoisotopic (exact) mass is 284 g/mol. The predicted molar refractivity (Wildman–Crippen MR) is 73.3 cm³/mol. The van der Waals surface area contributed by atoms with E-state index in [-0.39, 0.29) is 24.4 Å². The van der Waals surface area contributed by atoms with Crippen molar-refractivity contribution in [3.63, 3.8) is 0 Å². The zero-order chi connectivity index (χ0) is 15.1. The minimum absolute atomic E-state index is 0.118. The average molecular weight is 284 g/mol. The third-order valence-electron chi connectivity index (χ3n) is 4.49. The number of nitrogens with zero attached hydrogens (tertiary/aromatic N) is 2. The van der Waals surface area contributed by atoms with Gasteiger partial charge in [-0.25, -0.2) is 9.59 Å². The van der Waals surface area contributed by atoms with Gasteiger partial charge in [-0.15, -0.1) is 0 Å². The van der Waals surface area contributed by atoms with Crippen LogP contribution in [-0.4, -0.2) is 63.8 Å². The van der Waals surface area contributed by atoms with Gasteiger partial charge in [0.2, 0.25) is 0 Å². The van der Waals surface area contributed by atoms with Crippen LogP contribution in [0.15, 0.2) is 0 Å². The molecule has 0 saturated carbocycles. The molecule has 2 rings (SSSR count). The second-order valence-corrected chi connectivity index (χ2v) is 6.98. The molecule has 2 aliphatic rings. The molecular formula is C14H24N2O4. The zero-order valence-corrected chi connectivity index (χ0v) is 12.4. The number of carbonyl (C=O) groups is 2. The number of hydrogen-bond acceptors (Lipinski definition) is 3. The van der Waals surface area contributed by atoms with Gasteiger partial charge in [0.1, 0.15) is 6.04 Å². The van der Waals surface area contributed by atoms with Crippen LogP contribution < -0.4 is 0 Å². The summed E-state index contributed by atoms with van der Waals surface area (Å²) in [6.45, 7) is 7.93. The molecule has 0 aliphatic carbocycles. The number of carboxylic acids is 1. The molecule has 6 nitrogen and oxygen atoms in total. The van der Waals surface area contributed by atoms with Crippen molar-refractivity contribution in [1.29, 1.82) is 0 Å². The van der Waals surface area contributed by atoms with Crippen molar-refractivity contribution in [1.82, 2.24) is 9.80 Å². The molecule has 1 unspecified atom stereocenters. The van der Waals surface area contributed by atoms with Crippen LogP contribution in [0.1, 0.15) is 33.6 Å². The molecule has 0 bridgehead atoms. The number of rotatable bonds is 1. The van der Waals surface area contributed by atoms with Gasteiger partial charge < -0.3 is 20.0 Å². The smallest absolute Gasteiger partial charge is 0.326 e. The van der Waals surface area contributed by atoms with Crippen molar-refractivity contribution in [3.8, 4) is 0 Å². The Morgan fingerprint density at radius 3 is 2.35 bits per heavy atom. The van der Waals surface area contributed by atoms with E-state index in [1.165, 1.54) is 4.90 Å². The maximum absolute atomic E-state index is 12.5. The molecular weight excluding hydrogens is 260 g/mol. The molecule has 0 spiro atoms. The van der Waals surface area contributed by atoms with Gasteiger partial charge in [-0.3, -0.25) is 0 Å². The molecule has 2 heterocycles. The molecule has 2 amide bonds. The lowest BCUT2D eigenvalue weighted by molar-refractivity contribution is -0.141. The molecule has 3 atom stereocenters. The van der Waals surface area contributed by atoms with Gasteiger partial charge in [0.25, 0.3) is 0 Å². The Morgan fingerprint density at radius 1 is 1.20 bits per heavy atom. The van der Waals surface area contributed by atoms with Crippen molar-refractivity contribution >= 4 is 12.0 Å². The van der Waals surface area contributed by atoms with E-state index in [0.717, 1.165) is 6.42 Å². The van der Waals surface area contributed by atoms with E-state index in [1.54, 1.807) is 4.90 Å². The van der Waals surface area contributed by atoms with Gasteiger partial charge in [0, 0.05) is 26.1 Å². The van der Waals surface area contributed by atoms with Gasteiger partial charge in [0.15, 0.2) is 0 Å². The highest BCUT2D eigenvalue weighted by molar-refractivity contribution is 5.83. The van der Waals surface area contributed by atoms with E-state index >= 15 is 0 Å². The summed E-state index contributed by atoms with van der Waals surface area (Å²) in [5.41, 5.74) is 0.145. The first-order chi connectivity index (χ1) is 9.20. The van der Waals surface area contributed by atoms with Crippen molar-refractivity contribution in [2.45, 2.75) is 45.8 Å². The molecule has 2 N–H and O–H groups in total. The largest absolute Gasteiger partial charge is 0.480 e. The van der Waals surface area contributed by atoms with Crippen molar-refractivity contribution < 1.29 is 19.8 Å². The van der Waals surface area contributed by atoms with Crippen molar-refractivity contribution in [2.24, 2.45) is 11.3 Å². The molecule has 2 saturated heterocycles. The van der Waals surface area contributed by atoms with Crippen LogP contribution in [0.3, 0.4) is 0 Å². The van der Waals surface area contributed by atoms with E-state index in [1.807, 2.05) is 0 Å². The third kappa shape index (κ3) is 2.90. The number of carboxylic acid groups (broad SMARTS) is 1. The Kier molecular flexibility index (Phi) is 3.95. The Hall–Kier alpha value is -1.30. The lowest BCUT2D eigenvalue weighted by atomic mass is 9.80. The van der Waals surface area contributed by atoms with Crippen LogP contribution in [0, 0.1) is 11.3 Å². The number of β-amino-alcohol motifs (C(OH)–C–C–N with tert-alkyl or cyclic N) is 1. The molecule has 6 heteroatoms. The number of amides is 2. The van der Waals surface area contributed by atoms with Crippen molar-refractivity contribution in [2.75, 3.05) is 19.6 Å². The van der Waals surface area contributed by atoms with Gasteiger partial charge in [0.05, 0.1) is 6.10 Å². The fourth-order valence-electron chi connectivity index (χ4n) is 3.08. The molecule has 114 valence electrons. The van der Waals surface area contributed by atoms with E-state index in [2.05, 4.69) is 20.8 Å². The molecule has 2 fully saturated rings. The molecule has 0 aromatic heterocycles. The number of urea groups is 1. The second-order valence-electron chi connectivity index (χ2n) is 6.98. The van der Waals surface area contributed by atoms with Crippen LogP contribution >= 0.6 is 0 Å². The minimum Gasteiger partial charge on any atom is -0.480 e. The number of aliphatic hydroxyl groups excluding tert-OH is 1. The molecule has 20 heavy (non-hydrogen) atoms. The highest BCUT2D eigenvalue weighted by Gasteiger charge is 2.43. The summed E-state index contributed by atoms with van der Waals surface area (Å²) < 4.78 is 0. The summed E-state index contributed by atoms with van der Waals surface area (Å²) >= 11 is 0. The topological polar surface area (TPSA) is 81.1 Å². The summed E-state index contributed by atoms with van der Waals surface area (Å²) in [5, 5.41) is 18.8. The Labute approximate surface area is 119 Å². The maximum atomic E-state index is 12.5. The SMILES string of the molecule is CC(C)(C)C1CCN(C(=O)N2C[C@H](O)C[C@H]2C(=O)O)C1. The van der Waals surface area contributed by atoms with Crippen LogP contribution in [0.2, 0.25) is 0 Å². The second kappa shape index (κ2) is 5.24. The number of aliphatic hydroxyl groups is 1. The molecule has 0 aromatic carbocycles. The number of carbonyl (C=O) groups excluding carboxylic acids is 1. The van der Waals surface area contributed by atoms with E-state index in [0.29, 0.717) is 19.0 Å². The summed E-state index contributed by atoms with van der Waals surface area (Å²) in [4.78, 5) is 26.7. The van der Waals surface area contributed by atoms with Gasteiger partial charge in [-0.1, -0.05) is 20.8 Å². The number of hydrogen-bond donors (Lipinski definition) is 2. The first-order valence-electron chi connectivity index (χ1n) is 7.16. The van der Waals surface area contributed by atoms with Crippen molar-refractivity contribution in [3.05, 3.63) is 0 Å². The molecule has 0 radical (unpaired) electrons. The first-order valence-corrected chi connectivity index (χ1v) is 7.16. The highest BCUT2D eigenvalue weighted by atomic mass is 16.4. The zero-order valence-electron chi connectivity index (χ0n) is 12.4. The predicted octanol–water partition coefficient (Wildman–Crippen LogP) is 0.994. The van der Waals surface area contributed by atoms with Crippen LogP contribution in [0.25, 0.3) is 0 Å². The first kappa shape index (κ1) is 15.1. The molecule has 0 aromatic rings. The fraction of sp³-hybridized carbons (Fsp3) is 0.857. The summed E-state index contributed by atoms with van der Waals surface area (Å²) in [7, 11) is 0. The quantitative estimate of drug-likeness (QED) is 0.752. The Bertz CT molecular complexity index is 404.